The third-order valence-electron chi connectivity index (χ3n) is 4.43. The second-order valence-electron chi connectivity index (χ2n) is 8.43. The van der Waals surface area contributed by atoms with Crippen LogP contribution < -0.4 is 10.6 Å². The van der Waals surface area contributed by atoms with Crippen molar-refractivity contribution in [2.75, 3.05) is 33.7 Å². The zero-order valence-electron chi connectivity index (χ0n) is 18.7. The van der Waals surface area contributed by atoms with Crippen LogP contribution in [0.4, 0.5) is 0 Å². The number of aliphatic imine (C=N–C) groups is 1. The van der Waals surface area contributed by atoms with Gasteiger partial charge in [0.1, 0.15) is 0 Å². The normalized spacial score (nSPS) is 13.4. The number of carbonyl (C=O) groups excluding carboxylic acids is 1. The van der Waals surface area contributed by atoms with Gasteiger partial charge in [-0.3, -0.25) is 14.7 Å². The maximum absolute atomic E-state index is 12.2. The molecule has 0 heterocycles. The first-order chi connectivity index (χ1) is 13.1. The van der Waals surface area contributed by atoms with Crippen LogP contribution in [0.3, 0.4) is 0 Å². The minimum absolute atomic E-state index is 0.00318. The Morgan fingerprint density at radius 1 is 1.18 bits per heavy atom. The lowest BCUT2D eigenvalue weighted by molar-refractivity contribution is -0.122. The molecule has 6 heteroatoms. The maximum Gasteiger partial charge on any atom is 0.240 e. The molecule has 158 valence electrons. The van der Waals surface area contributed by atoms with Gasteiger partial charge in [0.05, 0.1) is 6.54 Å². The number of likely N-dealkylation sites (N-methyl/N-ethyl adjacent to an activating group) is 1. The first kappa shape index (κ1) is 24.0. The summed E-state index contributed by atoms with van der Waals surface area (Å²) < 4.78 is 0. The predicted octanol–water partition coefficient (Wildman–Crippen LogP) is 2.71. The van der Waals surface area contributed by atoms with Gasteiger partial charge in [0.25, 0.3) is 0 Å². The number of carbonyl (C=O) groups is 1. The van der Waals surface area contributed by atoms with E-state index in [1.54, 1.807) is 0 Å². The van der Waals surface area contributed by atoms with Gasteiger partial charge in [-0.2, -0.15) is 0 Å². The van der Waals surface area contributed by atoms with E-state index in [1.807, 2.05) is 45.7 Å². The van der Waals surface area contributed by atoms with Crippen LogP contribution in [-0.2, 0) is 11.3 Å². The van der Waals surface area contributed by atoms with Gasteiger partial charge in [-0.15, -0.1) is 0 Å². The Morgan fingerprint density at radius 2 is 1.82 bits per heavy atom. The molecular formula is C22H39N5O. The molecule has 0 bridgehead atoms. The highest BCUT2D eigenvalue weighted by Crippen LogP contribution is 2.08. The van der Waals surface area contributed by atoms with E-state index in [4.69, 9.17) is 4.99 Å². The first-order valence-electron chi connectivity index (χ1n) is 10.2. The molecule has 1 aromatic rings. The van der Waals surface area contributed by atoms with Crippen molar-refractivity contribution in [2.24, 2.45) is 4.99 Å². The summed E-state index contributed by atoms with van der Waals surface area (Å²) in [6.45, 7) is 12.9. The molecule has 0 radical (unpaired) electrons. The monoisotopic (exact) mass is 389 g/mol. The topological polar surface area (TPSA) is 60.0 Å². The van der Waals surface area contributed by atoms with E-state index >= 15 is 0 Å². The van der Waals surface area contributed by atoms with Gasteiger partial charge in [0.2, 0.25) is 5.91 Å². The molecule has 1 aromatic carbocycles. The molecule has 6 nitrogen and oxygen atoms in total. The van der Waals surface area contributed by atoms with E-state index < -0.39 is 0 Å². The van der Waals surface area contributed by atoms with Crippen molar-refractivity contribution < 1.29 is 4.79 Å². The van der Waals surface area contributed by atoms with E-state index in [1.165, 1.54) is 5.56 Å². The zero-order valence-corrected chi connectivity index (χ0v) is 18.7. The molecular weight excluding hydrogens is 350 g/mol. The minimum atomic E-state index is -0.230. The van der Waals surface area contributed by atoms with E-state index in [2.05, 4.69) is 53.8 Å². The van der Waals surface area contributed by atoms with E-state index in [-0.39, 0.29) is 18.0 Å². The summed E-state index contributed by atoms with van der Waals surface area (Å²) >= 11 is 0. The fourth-order valence-corrected chi connectivity index (χ4v) is 2.82. The molecule has 1 rings (SSSR count). The smallest absolute Gasteiger partial charge is 0.240 e. The summed E-state index contributed by atoms with van der Waals surface area (Å²) in [5, 5.41) is 6.27. The fraction of sp³-hybridized carbons (Fsp3) is 0.636. The van der Waals surface area contributed by atoms with Crippen LogP contribution >= 0.6 is 0 Å². The van der Waals surface area contributed by atoms with Crippen molar-refractivity contribution in [2.45, 2.75) is 59.2 Å². The van der Waals surface area contributed by atoms with Crippen LogP contribution in [0.15, 0.2) is 35.3 Å². The van der Waals surface area contributed by atoms with Crippen LogP contribution in [0.5, 0.6) is 0 Å². The third-order valence-corrected chi connectivity index (χ3v) is 4.43. The third kappa shape index (κ3) is 9.74. The molecule has 1 amide bonds. The molecule has 28 heavy (non-hydrogen) atoms. The number of hydrogen-bond acceptors (Lipinski definition) is 3. The van der Waals surface area contributed by atoms with Gasteiger partial charge in [-0.1, -0.05) is 30.3 Å². The van der Waals surface area contributed by atoms with Crippen molar-refractivity contribution in [1.29, 1.82) is 0 Å². The van der Waals surface area contributed by atoms with E-state index in [0.29, 0.717) is 12.6 Å². The lowest BCUT2D eigenvalue weighted by Crippen LogP contribution is -2.48. The SMILES string of the molecule is CCNC(=NCCC(C)N(C)Cc1ccccc1)N(C)CC(=O)NC(C)(C)C. The van der Waals surface area contributed by atoms with Crippen molar-refractivity contribution in [3.63, 3.8) is 0 Å². The molecule has 1 atom stereocenters. The zero-order chi connectivity index (χ0) is 21.2. The number of benzene rings is 1. The minimum Gasteiger partial charge on any atom is -0.357 e. The first-order valence-corrected chi connectivity index (χ1v) is 10.2. The molecule has 0 spiro atoms. The van der Waals surface area contributed by atoms with Gasteiger partial charge in [-0.05, 0) is 53.7 Å². The Balaban J connectivity index is 2.55. The number of hydrogen-bond donors (Lipinski definition) is 2. The van der Waals surface area contributed by atoms with Crippen LogP contribution in [0.2, 0.25) is 0 Å². The number of nitrogens with one attached hydrogen (secondary N) is 2. The van der Waals surface area contributed by atoms with Crippen molar-refractivity contribution in [3.8, 4) is 0 Å². The van der Waals surface area contributed by atoms with Gasteiger partial charge < -0.3 is 15.5 Å². The Hall–Kier alpha value is -2.08. The standard InChI is InChI=1S/C22H39N5O/c1-8-23-21(27(7)17-20(28)25-22(3,4)5)24-15-14-18(2)26(6)16-19-12-10-9-11-13-19/h9-13,18H,8,14-17H2,1-7H3,(H,23,24)(H,25,28). The number of guanidine groups is 1. The van der Waals surface area contributed by atoms with Crippen LogP contribution in [0.1, 0.15) is 46.6 Å². The van der Waals surface area contributed by atoms with E-state index in [9.17, 15) is 4.79 Å². The molecule has 0 aromatic heterocycles. The van der Waals surface area contributed by atoms with Crippen molar-refractivity contribution in [1.82, 2.24) is 20.4 Å². The fourth-order valence-electron chi connectivity index (χ4n) is 2.82. The molecule has 0 aliphatic rings. The Kier molecular flexibility index (Phi) is 10.0. The molecule has 0 aliphatic heterocycles. The molecule has 1 unspecified atom stereocenters. The highest BCUT2D eigenvalue weighted by molar-refractivity contribution is 5.86. The van der Waals surface area contributed by atoms with Gasteiger partial charge in [0.15, 0.2) is 5.96 Å². The Labute approximate surface area is 171 Å². The number of rotatable bonds is 9. The molecule has 0 saturated heterocycles. The van der Waals surface area contributed by atoms with Gasteiger partial charge >= 0.3 is 0 Å². The molecule has 0 saturated carbocycles. The summed E-state index contributed by atoms with van der Waals surface area (Å²) in [4.78, 5) is 21.1. The second-order valence-corrected chi connectivity index (χ2v) is 8.43. The quantitative estimate of drug-likeness (QED) is 0.504. The van der Waals surface area contributed by atoms with Crippen molar-refractivity contribution >= 4 is 11.9 Å². The van der Waals surface area contributed by atoms with Crippen LogP contribution in [0, 0.1) is 0 Å². The van der Waals surface area contributed by atoms with Gasteiger partial charge in [0, 0.05) is 38.3 Å². The molecule has 0 aliphatic carbocycles. The Bertz CT molecular complexity index is 609. The predicted molar refractivity (Wildman–Crippen MR) is 118 cm³/mol. The lowest BCUT2D eigenvalue weighted by Gasteiger charge is -2.26. The largest absolute Gasteiger partial charge is 0.357 e. The average Bonchev–Trinajstić information content (AvgIpc) is 2.59. The summed E-state index contributed by atoms with van der Waals surface area (Å²) in [6.07, 6.45) is 0.959. The summed E-state index contributed by atoms with van der Waals surface area (Å²) in [5.74, 6) is 0.765. The van der Waals surface area contributed by atoms with E-state index in [0.717, 1.165) is 25.5 Å². The lowest BCUT2D eigenvalue weighted by atomic mass is 10.1. The second kappa shape index (κ2) is 11.7. The summed E-state index contributed by atoms with van der Waals surface area (Å²) in [5.41, 5.74) is 1.09. The molecule has 0 fully saturated rings. The van der Waals surface area contributed by atoms with Gasteiger partial charge in [-0.25, -0.2) is 0 Å². The van der Waals surface area contributed by atoms with Crippen molar-refractivity contribution in [3.05, 3.63) is 35.9 Å². The Morgan fingerprint density at radius 3 is 2.39 bits per heavy atom. The molecule has 2 N–H and O–H groups in total. The number of nitrogens with zero attached hydrogens (tertiary/aromatic N) is 3. The average molecular weight is 390 g/mol. The maximum atomic E-state index is 12.2. The van der Waals surface area contributed by atoms with Crippen LogP contribution in [-0.4, -0.2) is 67.0 Å². The summed E-state index contributed by atoms with van der Waals surface area (Å²) in [6, 6.07) is 10.9. The highest BCUT2D eigenvalue weighted by Gasteiger charge is 2.17. The summed E-state index contributed by atoms with van der Waals surface area (Å²) in [7, 11) is 4.05. The highest BCUT2D eigenvalue weighted by atomic mass is 16.2. The number of amides is 1. The van der Waals surface area contributed by atoms with Crippen LogP contribution in [0.25, 0.3) is 0 Å².